The highest BCUT2D eigenvalue weighted by Crippen LogP contribution is 2.29. The molecule has 5 nitrogen and oxygen atoms in total. The average molecular weight is 445 g/mol. The number of halogens is 2. The molecule has 30 heavy (non-hydrogen) atoms. The quantitative estimate of drug-likeness (QED) is 0.526. The van der Waals surface area contributed by atoms with Crippen LogP contribution in [0.5, 0.6) is 0 Å². The standard InChI is InChI=1S/C23H26Cl2N4O/c1-15-21(22(30)26-16(2)17-8-4-3-5-9-17)27-29(23(15)28-12-6-7-13-28)18-10-11-19(24)20(25)14-18/h6-7,10-14,16-17H,3-5,8-9H2,1-2H3,(H,26,30)/t16-/m1/s1. The molecule has 4 rings (SSSR count). The molecular formula is C23H26Cl2N4O. The highest BCUT2D eigenvalue weighted by molar-refractivity contribution is 6.42. The SMILES string of the molecule is Cc1c(C(=O)N[C@H](C)C2CCCCC2)nn(-c2ccc(Cl)c(Cl)c2)c1-n1cccc1. The molecule has 0 unspecified atom stereocenters. The fraction of sp³-hybridized carbons (Fsp3) is 0.391. The number of benzene rings is 1. The molecule has 1 aliphatic carbocycles. The fourth-order valence-corrected chi connectivity index (χ4v) is 4.60. The minimum atomic E-state index is -0.141. The van der Waals surface area contributed by atoms with Crippen molar-refractivity contribution in [1.82, 2.24) is 19.7 Å². The molecule has 1 aromatic carbocycles. The summed E-state index contributed by atoms with van der Waals surface area (Å²) in [7, 11) is 0. The Labute approximate surface area is 187 Å². The van der Waals surface area contributed by atoms with Crippen molar-refractivity contribution in [1.29, 1.82) is 0 Å². The zero-order valence-corrected chi connectivity index (χ0v) is 18.7. The molecule has 1 aliphatic rings. The maximum atomic E-state index is 13.2. The Kier molecular flexibility index (Phi) is 6.21. The zero-order valence-electron chi connectivity index (χ0n) is 17.2. The van der Waals surface area contributed by atoms with Crippen LogP contribution in [0.2, 0.25) is 10.0 Å². The van der Waals surface area contributed by atoms with E-state index in [-0.39, 0.29) is 11.9 Å². The number of aromatic nitrogens is 3. The van der Waals surface area contributed by atoms with E-state index in [1.807, 2.05) is 42.1 Å². The van der Waals surface area contributed by atoms with Crippen LogP contribution in [0.1, 0.15) is 55.1 Å². The number of carbonyl (C=O) groups is 1. The van der Waals surface area contributed by atoms with Gasteiger partial charge in [0.1, 0.15) is 5.82 Å². The molecule has 1 N–H and O–H groups in total. The summed E-state index contributed by atoms with van der Waals surface area (Å²) >= 11 is 12.3. The molecule has 0 bridgehead atoms. The maximum absolute atomic E-state index is 13.2. The first-order valence-electron chi connectivity index (χ1n) is 10.4. The summed E-state index contributed by atoms with van der Waals surface area (Å²) in [5.74, 6) is 1.19. The van der Waals surface area contributed by atoms with Crippen molar-refractivity contribution in [3.05, 3.63) is 64.0 Å². The Morgan fingerprint density at radius 1 is 1.13 bits per heavy atom. The van der Waals surface area contributed by atoms with E-state index in [4.69, 9.17) is 23.2 Å². The number of carbonyl (C=O) groups excluding carboxylic acids is 1. The minimum Gasteiger partial charge on any atom is -0.348 e. The summed E-state index contributed by atoms with van der Waals surface area (Å²) in [6.45, 7) is 4.03. The van der Waals surface area contributed by atoms with Gasteiger partial charge in [-0.3, -0.25) is 4.79 Å². The third-order valence-electron chi connectivity index (χ3n) is 6.02. The van der Waals surface area contributed by atoms with Crippen molar-refractivity contribution >= 4 is 29.1 Å². The number of nitrogens with zero attached hydrogens (tertiary/aromatic N) is 3. The van der Waals surface area contributed by atoms with Gasteiger partial charge in [-0.1, -0.05) is 42.5 Å². The highest BCUT2D eigenvalue weighted by atomic mass is 35.5. The molecule has 2 heterocycles. The topological polar surface area (TPSA) is 51.9 Å². The van der Waals surface area contributed by atoms with Gasteiger partial charge in [-0.15, -0.1) is 0 Å². The molecule has 1 atom stereocenters. The third kappa shape index (κ3) is 4.14. The van der Waals surface area contributed by atoms with Gasteiger partial charge >= 0.3 is 0 Å². The van der Waals surface area contributed by atoms with Gasteiger partial charge in [0.05, 0.1) is 15.7 Å². The molecule has 0 saturated heterocycles. The first-order valence-corrected chi connectivity index (χ1v) is 11.2. The Bertz CT molecular complexity index is 1040. The number of hydrogen-bond donors (Lipinski definition) is 1. The summed E-state index contributed by atoms with van der Waals surface area (Å²) in [5, 5.41) is 8.80. The van der Waals surface area contributed by atoms with Crippen LogP contribution in [-0.4, -0.2) is 26.3 Å². The second kappa shape index (κ2) is 8.86. The van der Waals surface area contributed by atoms with Crippen LogP contribution in [0.25, 0.3) is 11.5 Å². The van der Waals surface area contributed by atoms with E-state index in [2.05, 4.69) is 17.3 Å². The molecule has 7 heteroatoms. The lowest BCUT2D eigenvalue weighted by molar-refractivity contribution is 0.0913. The lowest BCUT2D eigenvalue weighted by Gasteiger charge is -2.28. The molecule has 0 aliphatic heterocycles. The van der Waals surface area contributed by atoms with Crippen molar-refractivity contribution in [3.8, 4) is 11.5 Å². The Hall–Kier alpha value is -2.24. The van der Waals surface area contributed by atoms with Crippen LogP contribution in [0, 0.1) is 12.8 Å². The lowest BCUT2D eigenvalue weighted by Crippen LogP contribution is -2.39. The molecule has 1 saturated carbocycles. The van der Waals surface area contributed by atoms with Gasteiger partial charge < -0.3 is 9.88 Å². The Morgan fingerprint density at radius 3 is 2.50 bits per heavy atom. The van der Waals surface area contributed by atoms with E-state index in [0.717, 1.165) is 17.1 Å². The van der Waals surface area contributed by atoms with Crippen LogP contribution < -0.4 is 5.32 Å². The van der Waals surface area contributed by atoms with Crippen molar-refractivity contribution < 1.29 is 4.79 Å². The van der Waals surface area contributed by atoms with Gasteiger partial charge in [0.15, 0.2) is 5.69 Å². The highest BCUT2D eigenvalue weighted by Gasteiger charge is 2.26. The molecule has 0 radical (unpaired) electrons. The normalized spacial score (nSPS) is 15.9. The second-order valence-electron chi connectivity index (χ2n) is 8.06. The summed E-state index contributed by atoms with van der Waals surface area (Å²) in [6, 6.07) is 9.35. The zero-order chi connectivity index (χ0) is 21.3. The van der Waals surface area contributed by atoms with E-state index in [9.17, 15) is 4.79 Å². The molecule has 1 amide bonds. The molecule has 158 valence electrons. The summed E-state index contributed by atoms with van der Waals surface area (Å²) < 4.78 is 3.70. The van der Waals surface area contributed by atoms with Gasteiger partial charge in [-0.2, -0.15) is 5.10 Å². The van der Waals surface area contributed by atoms with E-state index >= 15 is 0 Å². The fourth-order valence-electron chi connectivity index (χ4n) is 4.31. The molecule has 3 aromatic rings. The predicted octanol–water partition coefficient (Wildman–Crippen LogP) is 5.98. The Balaban J connectivity index is 1.70. The van der Waals surface area contributed by atoms with Crippen molar-refractivity contribution in [2.24, 2.45) is 5.92 Å². The van der Waals surface area contributed by atoms with Gasteiger partial charge in [0.25, 0.3) is 5.91 Å². The molecule has 0 spiro atoms. The maximum Gasteiger partial charge on any atom is 0.272 e. The monoisotopic (exact) mass is 444 g/mol. The molecule has 1 fully saturated rings. The van der Waals surface area contributed by atoms with Crippen LogP contribution in [0.3, 0.4) is 0 Å². The Morgan fingerprint density at radius 2 is 1.83 bits per heavy atom. The van der Waals surface area contributed by atoms with Crippen molar-refractivity contribution in [2.75, 3.05) is 0 Å². The first-order chi connectivity index (χ1) is 14.5. The predicted molar refractivity (Wildman–Crippen MR) is 121 cm³/mol. The third-order valence-corrected chi connectivity index (χ3v) is 6.76. The smallest absolute Gasteiger partial charge is 0.272 e. The summed E-state index contributed by atoms with van der Waals surface area (Å²) in [4.78, 5) is 13.2. The largest absolute Gasteiger partial charge is 0.348 e. The van der Waals surface area contributed by atoms with Crippen molar-refractivity contribution in [3.63, 3.8) is 0 Å². The second-order valence-corrected chi connectivity index (χ2v) is 8.87. The number of hydrogen-bond acceptors (Lipinski definition) is 2. The number of amides is 1. The lowest BCUT2D eigenvalue weighted by atomic mass is 9.84. The van der Waals surface area contributed by atoms with E-state index < -0.39 is 0 Å². The van der Waals surface area contributed by atoms with E-state index in [1.165, 1.54) is 32.1 Å². The van der Waals surface area contributed by atoms with Crippen LogP contribution in [0.4, 0.5) is 0 Å². The van der Waals surface area contributed by atoms with Crippen LogP contribution in [-0.2, 0) is 0 Å². The summed E-state index contributed by atoms with van der Waals surface area (Å²) in [5.41, 5.74) is 1.98. The molecular weight excluding hydrogens is 419 g/mol. The van der Waals surface area contributed by atoms with E-state index in [1.54, 1.807) is 16.8 Å². The van der Waals surface area contributed by atoms with E-state index in [0.29, 0.717) is 21.7 Å². The van der Waals surface area contributed by atoms with Gasteiger partial charge in [-0.05, 0) is 62.9 Å². The number of rotatable bonds is 5. The van der Waals surface area contributed by atoms with Gasteiger partial charge in [0, 0.05) is 24.0 Å². The van der Waals surface area contributed by atoms with Gasteiger partial charge in [-0.25, -0.2) is 4.68 Å². The number of nitrogens with one attached hydrogen (secondary N) is 1. The van der Waals surface area contributed by atoms with Gasteiger partial charge in [0.2, 0.25) is 0 Å². The molecule has 2 aromatic heterocycles. The van der Waals surface area contributed by atoms with Crippen LogP contribution in [0.15, 0.2) is 42.7 Å². The average Bonchev–Trinajstić information content (AvgIpc) is 3.38. The summed E-state index contributed by atoms with van der Waals surface area (Å²) in [6.07, 6.45) is 10.0. The van der Waals surface area contributed by atoms with Crippen molar-refractivity contribution in [2.45, 2.75) is 52.0 Å². The van der Waals surface area contributed by atoms with Crippen LogP contribution >= 0.6 is 23.2 Å². The minimum absolute atomic E-state index is 0.127. The first kappa shape index (κ1) is 21.0.